The van der Waals surface area contributed by atoms with Crippen molar-refractivity contribution < 1.29 is 22.8 Å². The summed E-state index contributed by atoms with van der Waals surface area (Å²) in [4.78, 5) is 27.0. The molecule has 7 atom stereocenters. The van der Waals surface area contributed by atoms with Crippen LogP contribution in [0.1, 0.15) is 57.9 Å². The van der Waals surface area contributed by atoms with Crippen molar-refractivity contribution in [2.75, 3.05) is 12.4 Å². The molecule has 2 N–H and O–H groups in total. The lowest BCUT2D eigenvalue weighted by atomic mass is 9.48. The molecule has 0 saturated heterocycles. The smallest absolute Gasteiger partial charge is 0.338 e. The number of hydrogen-bond acceptors (Lipinski definition) is 2. The summed E-state index contributed by atoms with van der Waals surface area (Å²) in [5.74, 6) is 1.55. The third-order valence-corrected chi connectivity index (χ3v) is 10.3. The molecule has 3 saturated carbocycles. The molecule has 1 aromatic rings. The van der Waals surface area contributed by atoms with Gasteiger partial charge in [-0.05, 0) is 86.0 Å². The fraction of sp³-hybridized carbons (Fsp3) is 0.630. The Bertz CT molecular complexity index is 1110. The SMILES string of the molecule is CN1C(=O)C=C[C@@]2(C)C1CC[C@@H]1[C@H]2CC[C@]2(C)C(NC(=O)Nc3ccc(Cl)c(C(F)(F)F)c3)CC[C@@H]12. The van der Waals surface area contributed by atoms with Crippen molar-refractivity contribution in [2.24, 2.45) is 28.6 Å². The van der Waals surface area contributed by atoms with Crippen molar-refractivity contribution >= 4 is 29.2 Å². The van der Waals surface area contributed by atoms with Gasteiger partial charge in [0.25, 0.3) is 0 Å². The van der Waals surface area contributed by atoms with E-state index in [0.717, 1.165) is 50.7 Å². The number of hydrogen-bond donors (Lipinski definition) is 2. The summed E-state index contributed by atoms with van der Waals surface area (Å²) in [6.07, 6.45) is 5.20. The van der Waals surface area contributed by atoms with Gasteiger partial charge in [0.2, 0.25) is 5.91 Å². The van der Waals surface area contributed by atoms with Crippen molar-refractivity contribution in [3.8, 4) is 0 Å². The van der Waals surface area contributed by atoms with Crippen LogP contribution in [-0.4, -0.2) is 36.0 Å². The lowest BCUT2D eigenvalue weighted by Crippen LogP contribution is -2.60. The molecule has 1 aromatic carbocycles. The van der Waals surface area contributed by atoms with Gasteiger partial charge in [0.05, 0.1) is 10.6 Å². The van der Waals surface area contributed by atoms with E-state index < -0.39 is 22.8 Å². The topological polar surface area (TPSA) is 61.4 Å². The summed E-state index contributed by atoms with van der Waals surface area (Å²) in [7, 11) is 1.91. The average Bonchev–Trinajstić information content (AvgIpc) is 3.13. The molecular weight excluding hydrogens is 491 g/mol. The minimum absolute atomic E-state index is 0.0411. The summed E-state index contributed by atoms with van der Waals surface area (Å²) >= 11 is 5.70. The highest BCUT2D eigenvalue weighted by molar-refractivity contribution is 6.31. The van der Waals surface area contributed by atoms with Crippen LogP contribution in [0.2, 0.25) is 5.02 Å². The predicted octanol–water partition coefficient (Wildman–Crippen LogP) is 6.49. The van der Waals surface area contributed by atoms with Crippen LogP contribution in [0.25, 0.3) is 0 Å². The summed E-state index contributed by atoms with van der Waals surface area (Å²) in [6, 6.07) is 3.07. The number of fused-ring (bicyclic) bond motifs is 5. The largest absolute Gasteiger partial charge is 0.417 e. The molecule has 3 fully saturated rings. The van der Waals surface area contributed by atoms with E-state index in [1.165, 1.54) is 6.07 Å². The van der Waals surface area contributed by atoms with Crippen LogP contribution in [0.3, 0.4) is 0 Å². The molecule has 5 rings (SSSR count). The van der Waals surface area contributed by atoms with Gasteiger partial charge < -0.3 is 15.5 Å². The normalized spacial score (nSPS) is 37.7. The molecule has 5 nitrogen and oxygen atoms in total. The molecule has 196 valence electrons. The fourth-order valence-electron chi connectivity index (χ4n) is 8.12. The number of nitrogens with one attached hydrogen (secondary N) is 2. The third kappa shape index (κ3) is 4.00. The maximum atomic E-state index is 13.2. The number of alkyl halides is 3. The first kappa shape index (κ1) is 25.4. The number of likely N-dealkylation sites (N-methyl/N-ethyl adjacent to an activating group) is 1. The maximum Gasteiger partial charge on any atom is 0.417 e. The molecule has 9 heteroatoms. The van der Waals surface area contributed by atoms with E-state index in [1.54, 1.807) is 6.08 Å². The van der Waals surface area contributed by atoms with E-state index >= 15 is 0 Å². The van der Waals surface area contributed by atoms with Gasteiger partial charge in [-0.3, -0.25) is 4.79 Å². The highest BCUT2D eigenvalue weighted by atomic mass is 35.5. The maximum absolute atomic E-state index is 13.2. The van der Waals surface area contributed by atoms with Crippen molar-refractivity contribution in [1.29, 1.82) is 0 Å². The first-order chi connectivity index (χ1) is 16.8. The average molecular weight is 524 g/mol. The number of nitrogens with zero attached hydrogens (tertiary/aromatic N) is 1. The molecule has 1 aliphatic heterocycles. The number of benzene rings is 1. The van der Waals surface area contributed by atoms with Crippen LogP contribution in [0, 0.1) is 28.6 Å². The molecule has 1 heterocycles. The van der Waals surface area contributed by atoms with Crippen molar-refractivity contribution in [3.63, 3.8) is 0 Å². The second-order valence-corrected chi connectivity index (χ2v) is 12.0. The number of carbonyl (C=O) groups is 2. The Morgan fingerprint density at radius 2 is 1.86 bits per heavy atom. The molecule has 3 aliphatic carbocycles. The van der Waals surface area contributed by atoms with Gasteiger partial charge in [-0.15, -0.1) is 0 Å². The van der Waals surface area contributed by atoms with Crippen LogP contribution in [-0.2, 0) is 11.0 Å². The summed E-state index contributed by atoms with van der Waals surface area (Å²) in [5, 5.41) is 5.26. The molecule has 0 radical (unpaired) electrons. The molecule has 0 spiro atoms. The van der Waals surface area contributed by atoms with Gasteiger partial charge in [0.15, 0.2) is 0 Å². The molecular formula is C27H33ClF3N3O2. The number of halogens is 4. The van der Waals surface area contributed by atoms with Crippen molar-refractivity contribution in [2.45, 2.75) is 70.6 Å². The Morgan fingerprint density at radius 3 is 2.58 bits per heavy atom. The van der Waals surface area contributed by atoms with Crippen molar-refractivity contribution in [1.82, 2.24) is 10.2 Å². The van der Waals surface area contributed by atoms with E-state index in [9.17, 15) is 22.8 Å². The number of urea groups is 1. The first-order valence-electron chi connectivity index (χ1n) is 12.7. The van der Waals surface area contributed by atoms with Crippen LogP contribution < -0.4 is 10.6 Å². The van der Waals surface area contributed by atoms with Crippen LogP contribution in [0.15, 0.2) is 30.4 Å². The summed E-state index contributed by atoms with van der Waals surface area (Å²) < 4.78 is 39.6. The molecule has 36 heavy (non-hydrogen) atoms. The minimum Gasteiger partial charge on any atom is -0.338 e. The Labute approximate surface area is 214 Å². The predicted molar refractivity (Wildman–Crippen MR) is 132 cm³/mol. The monoisotopic (exact) mass is 523 g/mol. The van der Waals surface area contributed by atoms with Crippen LogP contribution in [0.4, 0.5) is 23.7 Å². The number of carbonyl (C=O) groups excluding carboxylic acids is 2. The molecule has 0 aromatic heterocycles. The third-order valence-electron chi connectivity index (χ3n) is 9.96. The van der Waals surface area contributed by atoms with Gasteiger partial charge in [-0.1, -0.05) is 31.5 Å². The second kappa shape index (κ2) is 8.67. The molecule has 4 aliphatic rings. The fourth-order valence-corrected chi connectivity index (χ4v) is 8.35. The number of amides is 3. The van der Waals surface area contributed by atoms with E-state index in [2.05, 4.69) is 30.6 Å². The van der Waals surface area contributed by atoms with Gasteiger partial charge in [-0.2, -0.15) is 13.2 Å². The van der Waals surface area contributed by atoms with Crippen molar-refractivity contribution in [3.05, 3.63) is 40.9 Å². The summed E-state index contributed by atoms with van der Waals surface area (Å²) in [5.41, 5.74) is -1.03. The van der Waals surface area contributed by atoms with Gasteiger partial charge in [0, 0.05) is 30.2 Å². The molecule has 3 amide bonds. The van der Waals surface area contributed by atoms with E-state index in [4.69, 9.17) is 11.6 Å². The quantitative estimate of drug-likeness (QED) is 0.465. The van der Waals surface area contributed by atoms with Gasteiger partial charge >= 0.3 is 12.2 Å². The second-order valence-electron chi connectivity index (χ2n) is 11.6. The Morgan fingerprint density at radius 1 is 1.11 bits per heavy atom. The zero-order chi connectivity index (χ0) is 26.0. The minimum atomic E-state index is -4.60. The van der Waals surface area contributed by atoms with E-state index in [-0.39, 0.29) is 34.5 Å². The standard InChI is InChI=1S/C27H33ClF3N3O2/c1-25-12-10-18-16(5-9-22-26(18,2)13-11-23(35)34(22)3)17(25)6-8-21(25)33-24(36)32-15-4-7-20(28)19(14-15)27(29,30)31/h4,7,11,13-14,16-18,21-22H,5-6,8-10,12H2,1-3H3,(H2,32,33,36)/t16-,17-,18+,21?,22?,25-,26+/m0/s1. The van der Waals surface area contributed by atoms with Crippen LogP contribution in [0.5, 0.6) is 0 Å². The Hall–Kier alpha value is -2.22. The van der Waals surface area contributed by atoms with Gasteiger partial charge in [0.1, 0.15) is 0 Å². The zero-order valence-electron chi connectivity index (χ0n) is 20.8. The zero-order valence-corrected chi connectivity index (χ0v) is 21.5. The summed E-state index contributed by atoms with van der Waals surface area (Å²) in [6.45, 7) is 4.56. The van der Waals surface area contributed by atoms with E-state index in [0.29, 0.717) is 17.8 Å². The highest BCUT2D eigenvalue weighted by Gasteiger charge is 2.60. The lowest BCUT2D eigenvalue weighted by molar-refractivity contribution is -0.138. The lowest BCUT2D eigenvalue weighted by Gasteiger charge is -2.60. The number of rotatable bonds is 2. The molecule has 2 unspecified atom stereocenters. The van der Waals surface area contributed by atoms with Crippen LogP contribution >= 0.6 is 11.6 Å². The highest BCUT2D eigenvalue weighted by Crippen LogP contribution is 2.63. The molecule has 0 bridgehead atoms. The van der Waals surface area contributed by atoms with E-state index in [1.807, 2.05) is 11.9 Å². The van der Waals surface area contributed by atoms with Gasteiger partial charge in [-0.25, -0.2) is 4.79 Å². The Kier molecular flexibility index (Phi) is 6.13. The number of anilines is 1. The first-order valence-corrected chi connectivity index (χ1v) is 13.1. The Balaban J connectivity index is 1.29.